The lowest BCUT2D eigenvalue weighted by atomic mass is 9.80. The summed E-state index contributed by atoms with van der Waals surface area (Å²) in [4.78, 5) is 33.2. The molecule has 170 valence electrons. The Balaban J connectivity index is 1.50. The largest absolute Gasteiger partial charge is 0.354 e. The van der Waals surface area contributed by atoms with Crippen LogP contribution in [-0.4, -0.2) is 53.3 Å². The molecule has 5 rings (SSSR count). The number of fused-ring (bicyclic) bond motifs is 1. The molecule has 3 atom stereocenters. The molecular weight excluding hydrogens is 418 g/mol. The van der Waals surface area contributed by atoms with Gasteiger partial charge < -0.3 is 10.2 Å². The minimum absolute atomic E-state index is 0.0503. The van der Waals surface area contributed by atoms with Gasteiger partial charge in [-0.05, 0) is 61.8 Å². The summed E-state index contributed by atoms with van der Waals surface area (Å²) in [5.74, 6) is -0.239. The number of benzene rings is 1. The summed E-state index contributed by atoms with van der Waals surface area (Å²) in [6.45, 7) is 5.01. The van der Waals surface area contributed by atoms with Crippen LogP contribution >= 0.6 is 11.3 Å². The maximum atomic E-state index is 13.8. The van der Waals surface area contributed by atoms with Crippen molar-refractivity contribution in [2.24, 2.45) is 0 Å². The summed E-state index contributed by atoms with van der Waals surface area (Å²) in [6, 6.07) is 12.3. The molecule has 0 spiro atoms. The van der Waals surface area contributed by atoms with Crippen molar-refractivity contribution in [1.82, 2.24) is 15.1 Å². The van der Waals surface area contributed by atoms with Crippen molar-refractivity contribution in [3.8, 4) is 0 Å². The molecule has 1 saturated carbocycles. The molecule has 5 nitrogen and oxygen atoms in total. The molecule has 6 heteroatoms. The second-order valence-electron chi connectivity index (χ2n) is 9.35. The lowest BCUT2D eigenvalue weighted by Crippen LogP contribution is -2.51. The second-order valence-corrected chi connectivity index (χ2v) is 10.3. The van der Waals surface area contributed by atoms with Crippen LogP contribution in [0.4, 0.5) is 0 Å². The van der Waals surface area contributed by atoms with Gasteiger partial charge in [0.1, 0.15) is 0 Å². The fourth-order valence-electron chi connectivity index (χ4n) is 6.05. The molecule has 0 unspecified atom stereocenters. The molecule has 2 fully saturated rings. The van der Waals surface area contributed by atoms with Crippen molar-refractivity contribution in [2.75, 3.05) is 19.6 Å². The quantitative estimate of drug-likeness (QED) is 0.700. The summed E-state index contributed by atoms with van der Waals surface area (Å²) in [7, 11) is 0. The van der Waals surface area contributed by atoms with Crippen LogP contribution in [0.2, 0.25) is 0 Å². The lowest BCUT2D eigenvalue weighted by molar-refractivity contribution is -0.124. The van der Waals surface area contributed by atoms with E-state index in [0.717, 1.165) is 55.6 Å². The van der Waals surface area contributed by atoms with Crippen LogP contribution in [0.3, 0.4) is 0 Å². The number of amides is 2. The Bertz CT molecular complexity index is 954. The first-order chi connectivity index (χ1) is 15.7. The fourth-order valence-corrected chi connectivity index (χ4v) is 6.91. The van der Waals surface area contributed by atoms with Crippen molar-refractivity contribution in [3.05, 3.63) is 57.8 Å². The van der Waals surface area contributed by atoms with Gasteiger partial charge in [-0.1, -0.05) is 44.0 Å². The van der Waals surface area contributed by atoms with Crippen LogP contribution in [0.5, 0.6) is 0 Å². The molecule has 3 aliphatic rings. The van der Waals surface area contributed by atoms with Gasteiger partial charge in [-0.2, -0.15) is 0 Å². The Kier molecular flexibility index (Phi) is 6.33. The van der Waals surface area contributed by atoms with Crippen molar-refractivity contribution in [2.45, 2.75) is 69.5 Å². The summed E-state index contributed by atoms with van der Waals surface area (Å²) in [6.07, 6.45) is 6.69. The molecule has 32 heavy (non-hydrogen) atoms. The molecule has 0 bridgehead atoms. The summed E-state index contributed by atoms with van der Waals surface area (Å²) >= 11 is 1.66. The van der Waals surface area contributed by atoms with Gasteiger partial charge in [0.25, 0.3) is 5.91 Å². The van der Waals surface area contributed by atoms with Crippen molar-refractivity contribution in [1.29, 1.82) is 0 Å². The molecule has 1 aromatic carbocycles. The van der Waals surface area contributed by atoms with Gasteiger partial charge in [0.2, 0.25) is 5.91 Å². The number of likely N-dealkylation sites (tertiary alicyclic amines) is 1. The first-order valence-electron chi connectivity index (χ1n) is 12.2. The number of likely N-dealkylation sites (N-methyl/N-ethyl adjacent to an activating group) is 1. The Morgan fingerprint density at radius 3 is 2.66 bits per heavy atom. The van der Waals surface area contributed by atoms with E-state index in [4.69, 9.17) is 0 Å². The summed E-state index contributed by atoms with van der Waals surface area (Å²) in [5, 5.41) is 5.36. The van der Waals surface area contributed by atoms with E-state index in [9.17, 15) is 9.59 Å². The van der Waals surface area contributed by atoms with E-state index in [2.05, 4.69) is 33.5 Å². The zero-order valence-corrected chi connectivity index (χ0v) is 19.7. The molecule has 1 saturated heterocycles. The third-order valence-corrected chi connectivity index (χ3v) is 8.57. The zero-order valence-electron chi connectivity index (χ0n) is 18.8. The highest BCUT2D eigenvalue weighted by atomic mass is 32.1. The maximum Gasteiger partial charge on any atom is 0.254 e. The molecule has 1 aliphatic carbocycles. The molecule has 1 N–H and O–H groups in total. The van der Waals surface area contributed by atoms with Crippen LogP contribution in [-0.2, 0) is 4.79 Å². The Hall–Kier alpha value is -2.18. The maximum absolute atomic E-state index is 13.8. The number of carbonyl (C=O) groups is 2. The highest BCUT2D eigenvalue weighted by molar-refractivity contribution is 7.10. The average Bonchev–Trinajstić information content (AvgIpc) is 3.60. The van der Waals surface area contributed by atoms with Crippen LogP contribution in [0.15, 0.2) is 41.8 Å². The number of rotatable bonds is 6. The predicted octanol–water partition coefficient (Wildman–Crippen LogP) is 4.57. The van der Waals surface area contributed by atoms with Crippen molar-refractivity contribution in [3.63, 3.8) is 0 Å². The van der Waals surface area contributed by atoms with Crippen LogP contribution in [0.1, 0.15) is 78.2 Å². The second kappa shape index (κ2) is 9.36. The third kappa shape index (κ3) is 3.88. The van der Waals surface area contributed by atoms with Crippen molar-refractivity contribution < 1.29 is 9.59 Å². The van der Waals surface area contributed by atoms with Crippen LogP contribution in [0.25, 0.3) is 0 Å². The fraction of sp³-hybridized carbons (Fsp3) is 0.538. The molecule has 3 heterocycles. The zero-order chi connectivity index (χ0) is 22.1. The SMILES string of the molecule is CCN1CCC[C@@H]1CNC(=O)[C@H]1c2ccccc2C(=O)N(C2CCCC2)[C@@H]1c1cccs1. The molecular formula is C26H33N3O2S. The van der Waals surface area contributed by atoms with E-state index in [0.29, 0.717) is 18.2 Å². The lowest BCUT2D eigenvalue weighted by Gasteiger charge is -2.44. The van der Waals surface area contributed by atoms with Gasteiger partial charge in [-0.15, -0.1) is 11.3 Å². The number of thiophene rings is 1. The van der Waals surface area contributed by atoms with E-state index in [1.54, 1.807) is 11.3 Å². The van der Waals surface area contributed by atoms with E-state index in [1.807, 2.05) is 30.3 Å². The van der Waals surface area contributed by atoms with Crippen LogP contribution in [0, 0.1) is 0 Å². The first-order valence-corrected chi connectivity index (χ1v) is 13.0. The summed E-state index contributed by atoms with van der Waals surface area (Å²) < 4.78 is 0. The van der Waals surface area contributed by atoms with Gasteiger partial charge in [-0.3, -0.25) is 14.5 Å². The summed E-state index contributed by atoms with van der Waals surface area (Å²) in [5.41, 5.74) is 1.57. The molecule has 2 aliphatic heterocycles. The van der Waals surface area contributed by atoms with Gasteiger partial charge in [0.05, 0.1) is 12.0 Å². The van der Waals surface area contributed by atoms with E-state index in [1.165, 1.54) is 6.42 Å². The third-order valence-electron chi connectivity index (χ3n) is 7.63. The van der Waals surface area contributed by atoms with Gasteiger partial charge in [-0.25, -0.2) is 0 Å². The minimum atomic E-state index is -0.375. The molecule has 2 amide bonds. The first kappa shape index (κ1) is 21.7. The van der Waals surface area contributed by atoms with E-state index in [-0.39, 0.29) is 29.8 Å². The van der Waals surface area contributed by atoms with Crippen LogP contribution < -0.4 is 5.32 Å². The predicted molar refractivity (Wildman–Crippen MR) is 128 cm³/mol. The van der Waals surface area contributed by atoms with E-state index < -0.39 is 0 Å². The normalized spacial score (nSPS) is 26.5. The Morgan fingerprint density at radius 2 is 1.91 bits per heavy atom. The number of carbonyl (C=O) groups excluding carboxylic acids is 2. The smallest absolute Gasteiger partial charge is 0.254 e. The monoisotopic (exact) mass is 451 g/mol. The molecule has 2 aromatic rings. The minimum Gasteiger partial charge on any atom is -0.354 e. The van der Waals surface area contributed by atoms with Crippen molar-refractivity contribution >= 4 is 23.2 Å². The standard InChI is InChI=1S/C26H33N3O2S/c1-2-28-15-7-11-19(28)17-27-25(30)23-20-12-5-6-13-21(20)26(31)29(18-9-3-4-10-18)24(23)22-14-8-16-32-22/h5-6,8,12-14,16,18-19,23-24H,2-4,7,9-11,15,17H2,1H3,(H,27,30)/t19-,23+,24-/m1/s1. The molecule has 0 radical (unpaired) electrons. The molecule has 1 aromatic heterocycles. The Labute approximate surface area is 194 Å². The number of hydrogen-bond donors (Lipinski definition) is 1. The van der Waals surface area contributed by atoms with Gasteiger partial charge in [0.15, 0.2) is 0 Å². The highest BCUT2D eigenvalue weighted by Gasteiger charge is 2.47. The Morgan fingerprint density at radius 1 is 1.09 bits per heavy atom. The van der Waals surface area contributed by atoms with Gasteiger partial charge >= 0.3 is 0 Å². The topological polar surface area (TPSA) is 52.7 Å². The number of nitrogens with one attached hydrogen (secondary N) is 1. The average molecular weight is 452 g/mol. The van der Waals surface area contributed by atoms with Gasteiger partial charge in [0, 0.05) is 29.1 Å². The number of hydrogen-bond acceptors (Lipinski definition) is 4. The van der Waals surface area contributed by atoms with E-state index >= 15 is 0 Å². The highest BCUT2D eigenvalue weighted by Crippen LogP contribution is 2.47. The number of nitrogens with zero attached hydrogens (tertiary/aromatic N) is 2.